The van der Waals surface area contributed by atoms with Crippen LogP contribution in [0.3, 0.4) is 0 Å². The molecule has 4 aromatic rings. The first-order chi connectivity index (χ1) is 13.6. The van der Waals surface area contributed by atoms with E-state index in [9.17, 15) is 4.79 Å². The van der Waals surface area contributed by atoms with Crippen LogP contribution in [0.25, 0.3) is 10.9 Å². The molecule has 2 aromatic carbocycles. The standard InChI is InChI=1S/C21H17ClN4OS/c1-14-20(28-13-23-14)10-24-25-21(27)18-12-26(19-5-3-2-4-17(18)19)11-15-6-8-16(22)9-7-15/h2-10,12-13H,11H2,1H3,(H,25,27)/b24-10+. The number of rotatable bonds is 5. The molecule has 4 rings (SSSR count). The number of nitrogens with zero attached hydrogens (tertiary/aromatic N) is 3. The van der Waals surface area contributed by atoms with Crippen molar-refractivity contribution in [2.24, 2.45) is 5.10 Å². The lowest BCUT2D eigenvalue weighted by Crippen LogP contribution is -2.17. The first-order valence-electron chi connectivity index (χ1n) is 8.67. The van der Waals surface area contributed by atoms with Gasteiger partial charge in [-0.25, -0.2) is 10.4 Å². The number of hydrogen-bond acceptors (Lipinski definition) is 4. The van der Waals surface area contributed by atoms with Crippen molar-refractivity contribution < 1.29 is 4.79 Å². The topological polar surface area (TPSA) is 59.3 Å². The first-order valence-corrected chi connectivity index (χ1v) is 9.93. The second-order valence-electron chi connectivity index (χ2n) is 6.32. The van der Waals surface area contributed by atoms with E-state index in [1.807, 2.05) is 61.7 Å². The Morgan fingerprint density at radius 2 is 2.04 bits per heavy atom. The number of carbonyl (C=O) groups excluding carboxylic acids is 1. The number of amides is 1. The maximum atomic E-state index is 12.7. The summed E-state index contributed by atoms with van der Waals surface area (Å²) in [6, 6.07) is 15.5. The average Bonchev–Trinajstić information content (AvgIpc) is 3.28. The van der Waals surface area contributed by atoms with Crippen LogP contribution >= 0.6 is 22.9 Å². The van der Waals surface area contributed by atoms with E-state index in [1.165, 1.54) is 11.3 Å². The van der Waals surface area contributed by atoms with Gasteiger partial charge in [0.25, 0.3) is 5.91 Å². The molecule has 28 heavy (non-hydrogen) atoms. The van der Waals surface area contributed by atoms with Crippen LogP contribution in [0.4, 0.5) is 0 Å². The summed E-state index contributed by atoms with van der Waals surface area (Å²) < 4.78 is 2.06. The van der Waals surface area contributed by atoms with Gasteiger partial charge in [-0.15, -0.1) is 11.3 Å². The Hall–Kier alpha value is -2.96. The zero-order valence-electron chi connectivity index (χ0n) is 15.1. The molecule has 0 aliphatic heterocycles. The summed E-state index contributed by atoms with van der Waals surface area (Å²) in [6.45, 7) is 2.55. The van der Waals surface area contributed by atoms with Crippen molar-refractivity contribution in [2.75, 3.05) is 0 Å². The van der Waals surface area contributed by atoms with E-state index in [4.69, 9.17) is 11.6 Å². The van der Waals surface area contributed by atoms with Gasteiger partial charge >= 0.3 is 0 Å². The fourth-order valence-corrected chi connectivity index (χ4v) is 3.78. The predicted octanol–water partition coefficient (Wildman–Crippen LogP) is 4.87. The van der Waals surface area contributed by atoms with E-state index in [2.05, 4.69) is 20.1 Å². The molecule has 0 saturated carbocycles. The lowest BCUT2D eigenvalue weighted by Gasteiger charge is -2.05. The summed E-state index contributed by atoms with van der Waals surface area (Å²) in [5.41, 5.74) is 7.95. The number of nitrogens with one attached hydrogen (secondary N) is 1. The lowest BCUT2D eigenvalue weighted by molar-refractivity contribution is 0.0956. The maximum absolute atomic E-state index is 12.7. The molecule has 0 spiro atoms. The molecule has 0 radical (unpaired) electrons. The number of aryl methyl sites for hydroxylation is 1. The lowest BCUT2D eigenvalue weighted by atomic mass is 10.2. The second-order valence-corrected chi connectivity index (χ2v) is 7.64. The largest absolute Gasteiger partial charge is 0.342 e. The Labute approximate surface area is 171 Å². The van der Waals surface area contributed by atoms with Crippen LogP contribution in [0, 0.1) is 6.92 Å². The van der Waals surface area contributed by atoms with Crippen molar-refractivity contribution in [3.05, 3.63) is 87.0 Å². The highest BCUT2D eigenvalue weighted by Gasteiger charge is 2.14. The summed E-state index contributed by atoms with van der Waals surface area (Å²) >= 11 is 7.45. The monoisotopic (exact) mass is 408 g/mol. The third kappa shape index (κ3) is 3.83. The van der Waals surface area contributed by atoms with E-state index in [-0.39, 0.29) is 5.91 Å². The van der Waals surface area contributed by atoms with Crippen LogP contribution in [0.1, 0.15) is 26.5 Å². The molecule has 0 aliphatic rings. The normalized spacial score (nSPS) is 11.4. The zero-order chi connectivity index (χ0) is 19.5. The van der Waals surface area contributed by atoms with Gasteiger partial charge in [0.1, 0.15) is 0 Å². The molecule has 1 amide bonds. The van der Waals surface area contributed by atoms with Crippen LogP contribution in [0.2, 0.25) is 5.02 Å². The van der Waals surface area contributed by atoms with Gasteiger partial charge < -0.3 is 4.57 Å². The van der Waals surface area contributed by atoms with Crippen molar-refractivity contribution in [1.82, 2.24) is 15.0 Å². The van der Waals surface area contributed by atoms with Crippen molar-refractivity contribution in [3.63, 3.8) is 0 Å². The Morgan fingerprint density at radius 3 is 2.79 bits per heavy atom. The smallest absolute Gasteiger partial charge is 0.273 e. The number of aromatic nitrogens is 2. The Balaban J connectivity index is 1.60. The molecule has 140 valence electrons. The first kappa shape index (κ1) is 18.4. The van der Waals surface area contributed by atoms with Gasteiger partial charge in [0.15, 0.2) is 0 Å². The van der Waals surface area contributed by atoms with E-state index in [1.54, 1.807) is 11.7 Å². The molecule has 0 saturated heterocycles. The quantitative estimate of drug-likeness (QED) is 0.378. The highest BCUT2D eigenvalue weighted by molar-refractivity contribution is 7.11. The third-order valence-electron chi connectivity index (χ3n) is 4.43. The molecule has 0 atom stereocenters. The molecular weight excluding hydrogens is 392 g/mol. The third-order valence-corrected chi connectivity index (χ3v) is 5.55. The fourth-order valence-electron chi connectivity index (χ4n) is 2.99. The number of para-hydroxylation sites is 1. The number of carbonyl (C=O) groups is 1. The summed E-state index contributed by atoms with van der Waals surface area (Å²) in [6.07, 6.45) is 3.49. The SMILES string of the molecule is Cc1ncsc1/C=N/NC(=O)c1cn(Cc2ccc(Cl)cc2)c2ccccc12. The van der Waals surface area contributed by atoms with Crippen LogP contribution in [-0.2, 0) is 6.54 Å². The van der Waals surface area contributed by atoms with Crippen LogP contribution in [0.5, 0.6) is 0 Å². The van der Waals surface area contributed by atoms with Crippen LogP contribution < -0.4 is 5.43 Å². The number of benzene rings is 2. The van der Waals surface area contributed by atoms with Gasteiger partial charge in [0.2, 0.25) is 0 Å². The number of fused-ring (bicyclic) bond motifs is 1. The molecule has 7 heteroatoms. The highest BCUT2D eigenvalue weighted by atomic mass is 35.5. The minimum Gasteiger partial charge on any atom is -0.342 e. The second kappa shape index (κ2) is 7.96. The molecule has 0 unspecified atom stereocenters. The molecule has 0 bridgehead atoms. The van der Waals surface area contributed by atoms with E-state index in [0.717, 1.165) is 27.0 Å². The molecular formula is C21H17ClN4OS. The minimum absolute atomic E-state index is 0.246. The average molecular weight is 409 g/mol. The minimum atomic E-state index is -0.246. The van der Waals surface area contributed by atoms with Gasteiger partial charge in [0, 0.05) is 28.7 Å². The Bertz CT molecular complexity index is 1160. The summed E-state index contributed by atoms with van der Waals surface area (Å²) in [5.74, 6) is -0.246. The number of hydrazone groups is 1. The molecule has 1 N–H and O–H groups in total. The molecule has 0 aliphatic carbocycles. The van der Waals surface area contributed by atoms with Crippen molar-refractivity contribution >= 4 is 46.0 Å². The van der Waals surface area contributed by atoms with Gasteiger partial charge in [-0.1, -0.05) is 41.9 Å². The van der Waals surface area contributed by atoms with Crippen LogP contribution in [0.15, 0.2) is 65.3 Å². The molecule has 5 nitrogen and oxygen atoms in total. The van der Waals surface area contributed by atoms with E-state index < -0.39 is 0 Å². The van der Waals surface area contributed by atoms with Gasteiger partial charge in [0.05, 0.1) is 27.9 Å². The van der Waals surface area contributed by atoms with Crippen LogP contribution in [-0.4, -0.2) is 21.7 Å². The van der Waals surface area contributed by atoms with Gasteiger partial charge in [-0.3, -0.25) is 4.79 Å². The Morgan fingerprint density at radius 1 is 1.25 bits per heavy atom. The van der Waals surface area contributed by atoms with Crippen molar-refractivity contribution in [2.45, 2.75) is 13.5 Å². The van der Waals surface area contributed by atoms with Gasteiger partial charge in [-0.2, -0.15) is 5.10 Å². The molecule has 2 aromatic heterocycles. The number of halogens is 1. The van der Waals surface area contributed by atoms with Crippen molar-refractivity contribution in [3.8, 4) is 0 Å². The maximum Gasteiger partial charge on any atom is 0.273 e. The molecule has 0 fully saturated rings. The number of hydrogen-bond donors (Lipinski definition) is 1. The van der Waals surface area contributed by atoms with Gasteiger partial charge in [-0.05, 0) is 30.7 Å². The predicted molar refractivity (Wildman–Crippen MR) is 114 cm³/mol. The van der Waals surface area contributed by atoms with E-state index in [0.29, 0.717) is 17.1 Å². The van der Waals surface area contributed by atoms with E-state index >= 15 is 0 Å². The highest BCUT2D eigenvalue weighted by Crippen LogP contribution is 2.23. The summed E-state index contributed by atoms with van der Waals surface area (Å²) in [7, 11) is 0. The number of thiazole rings is 1. The zero-order valence-corrected chi connectivity index (χ0v) is 16.7. The Kier molecular flexibility index (Phi) is 5.23. The summed E-state index contributed by atoms with van der Waals surface area (Å²) in [4.78, 5) is 17.8. The summed E-state index contributed by atoms with van der Waals surface area (Å²) in [5, 5.41) is 5.67. The molecule has 2 heterocycles. The fraction of sp³-hybridized carbons (Fsp3) is 0.0952. The van der Waals surface area contributed by atoms with Crippen molar-refractivity contribution in [1.29, 1.82) is 0 Å².